The van der Waals surface area contributed by atoms with Crippen molar-refractivity contribution in [2.45, 2.75) is 13.3 Å². The summed E-state index contributed by atoms with van der Waals surface area (Å²) in [4.78, 5) is 16.1. The Morgan fingerprint density at radius 2 is 2.00 bits per heavy atom. The molecule has 2 N–H and O–H groups in total. The molecule has 4 heteroatoms. The number of hydrogen-bond donors (Lipinski definition) is 2. The van der Waals surface area contributed by atoms with Crippen LogP contribution < -0.4 is 5.32 Å². The molecule has 98 valence electrons. The number of carbonyl (C=O) groups is 1. The number of aliphatic hydroxyl groups excluding tert-OH is 1. The van der Waals surface area contributed by atoms with Gasteiger partial charge < -0.3 is 10.4 Å². The Hall–Kier alpha value is -2.20. The Labute approximate surface area is 112 Å². The molecule has 0 fully saturated rings. The molecule has 0 aliphatic rings. The maximum absolute atomic E-state index is 12.1. The van der Waals surface area contributed by atoms with E-state index in [0.29, 0.717) is 17.7 Å². The van der Waals surface area contributed by atoms with Crippen LogP contribution in [0.1, 0.15) is 21.6 Å². The number of aliphatic hydroxyl groups is 1. The molecule has 1 heterocycles. The molecular formula is C15H16N2O2. The number of benzene rings is 1. The quantitative estimate of drug-likeness (QED) is 0.881. The third-order valence-corrected chi connectivity index (χ3v) is 2.76. The Bertz CT molecular complexity index is 565. The average Bonchev–Trinajstić information content (AvgIpc) is 2.42. The molecule has 2 aromatic rings. The second-order valence-corrected chi connectivity index (χ2v) is 4.33. The highest BCUT2D eigenvalue weighted by molar-refractivity contribution is 6.04. The van der Waals surface area contributed by atoms with Gasteiger partial charge in [-0.25, -0.2) is 0 Å². The molecule has 1 aromatic heterocycles. The molecule has 0 unspecified atom stereocenters. The molecule has 0 saturated carbocycles. The summed E-state index contributed by atoms with van der Waals surface area (Å²) in [6.45, 7) is 2.02. The van der Waals surface area contributed by atoms with Crippen LogP contribution in [0.25, 0.3) is 0 Å². The molecule has 0 bridgehead atoms. The van der Waals surface area contributed by atoms with Crippen LogP contribution in [0.15, 0.2) is 42.6 Å². The standard InChI is InChI=1S/C15H16N2O2/c1-11-2-4-13(5-3-11)17-15(19)12-6-8-16-14(10-12)7-9-18/h2-6,8,10,18H,7,9H2,1H3,(H,17,19). The van der Waals surface area contributed by atoms with Gasteiger partial charge >= 0.3 is 0 Å². The van der Waals surface area contributed by atoms with Gasteiger partial charge in [-0.15, -0.1) is 0 Å². The van der Waals surface area contributed by atoms with Crippen molar-refractivity contribution < 1.29 is 9.90 Å². The summed E-state index contributed by atoms with van der Waals surface area (Å²) in [7, 11) is 0. The van der Waals surface area contributed by atoms with Crippen molar-refractivity contribution in [2.75, 3.05) is 11.9 Å². The van der Waals surface area contributed by atoms with Crippen molar-refractivity contribution in [3.8, 4) is 0 Å². The fourth-order valence-electron chi connectivity index (χ4n) is 1.71. The zero-order valence-electron chi connectivity index (χ0n) is 10.8. The van der Waals surface area contributed by atoms with Crippen LogP contribution in [0.2, 0.25) is 0 Å². The SMILES string of the molecule is Cc1ccc(NC(=O)c2ccnc(CCO)c2)cc1. The average molecular weight is 256 g/mol. The van der Waals surface area contributed by atoms with Crippen LogP contribution >= 0.6 is 0 Å². The molecule has 1 aromatic carbocycles. The second-order valence-electron chi connectivity index (χ2n) is 4.33. The smallest absolute Gasteiger partial charge is 0.255 e. The van der Waals surface area contributed by atoms with Gasteiger partial charge in [-0.3, -0.25) is 9.78 Å². The zero-order valence-corrected chi connectivity index (χ0v) is 10.8. The Morgan fingerprint density at radius 1 is 1.26 bits per heavy atom. The van der Waals surface area contributed by atoms with Crippen molar-refractivity contribution in [3.05, 3.63) is 59.4 Å². The van der Waals surface area contributed by atoms with Gasteiger partial charge in [-0.2, -0.15) is 0 Å². The molecule has 0 aliphatic carbocycles. The van der Waals surface area contributed by atoms with E-state index in [0.717, 1.165) is 11.3 Å². The molecule has 2 rings (SSSR count). The maximum atomic E-state index is 12.1. The summed E-state index contributed by atoms with van der Waals surface area (Å²) < 4.78 is 0. The molecular weight excluding hydrogens is 240 g/mol. The highest BCUT2D eigenvalue weighted by atomic mass is 16.3. The minimum Gasteiger partial charge on any atom is -0.396 e. The van der Waals surface area contributed by atoms with Crippen LogP contribution in [-0.4, -0.2) is 22.6 Å². The van der Waals surface area contributed by atoms with E-state index in [9.17, 15) is 4.79 Å². The summed E-state index contributed by atoms with van der Waals surface area (Å²) in [5, 5.41) is 11.7. The lowest BCUT2D eigenvalue weighted by Gasteiger charge is -2.06. The molecule has 0 saturated heterocycles. The van der Waals surface area contributed by atoms with Gasteiger partial charge in [0.1, 0.15) is 0 Å². The zero-order chi connectivity index (χ0) is 13.7. The molecule has 4 nitrogen and oxygen atoms in total. The normalized spacial score (nSPS) is 10.2. The van der Waals surface area contributed by atoms with Crippen LogP contribution in [-0.2, 0) is 6.42 Å². The minimum atomic E-state index is -0.176. The van der Waals surface area contributed by atoms with Crippen LogP contribution in [0.3, 0.4) is 0 Å². The summed E-state index contributed by atoms with van der Waals surface area (Å²) in [6.07, 6.45) is 2.03. The van der Waals surface area contributed by atoms with E-state index in [1.807, 2.05) is 31.2 Å². The van der Waals surface area contributed by atoms with E-state index in [1.54, 1.807) is 18.3 Å². The largest absolute Gasteiger partial charge is 0.396 e. The summed E-state index contributed by atoms with van der Waals surface area (Å²) in [6, 6.07) is 11.0. The van der Waals surface area contributed by atoms with E-state index in [2.05, 4.69) is 10.3 Å². The number of nitrogens with one attached hydrogen (secondary N) is 1. The van der Waals surface area contributed by atoms with Gasteiger partial charge in [0.15, 0.2) is 0 Å². The van der Waals surface area contributed by atoms with Gasteiger partial charge in [-0.05, 0) is 31.2 Å². The molecule has 0 radical (unpaired) electrons. The van der Waals surface area contributed by atoms with E-state index in [1.165, 1.54) is 0 Å². The van der Waals surface area contributed by atoms with Gasteiger partial charge in [0, 0.05) is 36.2 Å². The van der Waals surface area contributed by atoms with Gasteiger partial charge in [0.25, 0.3) is 5.91 Å². The van der Waals surface area contributed by atoms with Gasteiger partial charge in [-0.1, -0.05) is 17.7 Å². The minimum absolute atomic E-state index is 0.0238. The first-order valence-corrected chi connectivity index (χ1v) is 6.13. The monoisotopic (exact) mass is 256 g/mol. The number of aryl methyl sites for hydroxylation is 1. The van der Waals surface area contributed by atoms with Gasteiger partial charge in [0.2, 0.25) is 0 Å². The summed E-state index contributed by atoms with van der Waals surface area (Å²) in [5.41, 5.74) is 3.15. The molecule has 19 heavy (non-hydrogen) atoms. The van der Waals surface area contributed by atoms with Crippen molar-refractivity contribution in [2.24, 2.45) is 0 Å². The number of anilines is 1. The number of hydrogen-bond acceptors (Lipinski definition) is 3. The Morgan fingerprint density at radius 3 is 2.68 bits per heavy atom. The third kappa shape index (κ3) is 3.63. The lowest BCUT2D eigenvalue weighted by Crippen LogP contribution is -2.12. The number of carbonyl (C=O) groups excluding carboxylic acids is 1. The first kappa shape index (κ1) is 13.2. The lowest BCUT2D eigenvalue weighted by atomic mass is 10.1. The second kappa shape index (κ2) is 6.11. The fourth-order valence-corrected chi connectivity index (χ4v) is 1.71. The first-order chi connectivity index (χ1) is 9.19. The Balaban J connectivity index is 2.11. The molecule has 0 atom stereocenters. The topological polar surface area (TPSA) is 62.2 Å². The molecule has 1 amide bonds. The van der Waals surface area contributed by atoms with Crippen molar-refractivity contribution >= 4 is 11.6 Å². The number of rotatable bonds is 4. The Kier molecular flexibility index (Phi) is 4.26. The van der Waals surface area contributed by atoms with E-state index in [4.69, 9.17) is 5.11 Å². The highest BCUT2D eigenvalue weighted by Crippen LogP contribution is 2.11. The van der Waals surface area contributed by atoms with E-state index < -0.39 is 0 Å². The fraction of sp³-hybridized carbons (Fsp3) is 0.200. The van der Waals surface area contributed by atoms with Crippen LogP contribution in [0, 0.1) is 6.92 Å². The maximum Gasteiger partial charge on any atom is 0.255 e. The van der Waals surface area contributed by atoms with E-state index >= 15 is 0 Å². The summed E-state index contributed by atoms with van der Waals surface area (Å²) >= 11 is 0. The number of pyridine rings is 1. The first-order valence-electron chi connectivity index (χ1n) is 6.13. The van der Waals surface area contributed by atoms with Crippen molar-refractivity contribution in [3.63, 3.8) is 0 Å². The third-order valence-electron chi connectivity index (χ3n) is 2.76. The van der Waals surface area contributed by atoms with Gasteiger partial charge in [0.05, 0.1) is 0 Å². The van der Waals surface area contributed by atoms with Crippen molar-refractivity contribution in [1.29, 1.82) is 0 Å². The van der Waals surface area contributed by atoms with Crippen molar-refractivity contribution in [1.82, 2.24) is 4.98 Å². The predicted molar refractivity (Wildman–Crippen MR) is 74.2 cm³/mol. The lowest BCUT2D eigenvalue weighted by molar-refractivity contribution is 0.102. The van der Waals surface area contributed by atoms with E-state index in [-0.39, 0.29) is 12.5 Å². The summed E-state index contributed by atoms with van der Waals surface area (Å²) in [5.74, 6) is -0.176. The number of aromatic nitrogens is 1. The van der Waals surface area contributed by atoms with Crippen LogP contribution in [0.5, 0.6) is 0 Å². The number of amides is 1. The predicted octanol–water partition coefficient (Wildman–Crippen LogP) is 2.18. The molecule has 0 aliphatic heterocycles. The van der Waals surface area contributed by atoms with Crippen LogP contribution in [0.4, 0.5) is 5.69 Å². The molecule has 0 spiro atoms. The highest BCUT2D eigenvalue weighted by Gasteiger charge is 2.07. The number of nitrogens with zero attached hydrogens (tertiary/aromatic N) is 1.